The van der Waals surface area contributed by atoms with Gasteiger partial charge in [-0.25, -0.2) is 4.98 Å². The summed E-state index contributed by atoms with van der Waals surface area (Å²) < 4.78 is 11.1. The Morgan fingerprint density at radius 2 is 2.23 bits per heavy atom. The maximum atomic E-state index is 12.1. The average Bonchev–Trinajstić information content (AvgIpc) is 2.99. The maximum Gasteiger partial charge on any atom is 0.272 e. The zero-order valence-electron chi connectivity index (χ0n) is 12.2. The summed E-state index contributed by atoms with van der Waals surface area (Å²) in [5.74, 6) is 1.01. The summed E-state index contributed by atoms with van der Waals surface area (Å²) in [4.78, 5) is 19.9. The summed E-state index contributed by atoms with van der Waals surface area (Å²) in [7, 11) is 1.59. The van der Waals surface area contributed by atoms with Crippen molar-refractivity contribution in [2.75, 3.05) is 7.11 Å². The molecule has 0 bridgehead atoms. The van der Waals surface area contributed by atoms with Crippen LogP contribution in [0.5, 0.6) is 5.75 Å². The number of nitrogens with zero attached hydrogens (tertiary/aromatic N) is 2. The fourth-order valence-corrected chi connectivity index (χ4v) is 2.19. The van der Waals surface area contributed by atoms with Crippen LogP contribution in [0.25, 0.3) is 11.0 Å². The summed E-state index contributed by atoms with van der Waals surface area (Å²) >= 11 is 0. The van der Waals surface area contributed by atoms with Crippen LogP contribution in [0.2, 0.25) is 0 Å². The molecule has 0 saturated carbocycles. The van der Waals surface area contributed by atoms with E-state index in [1.165, 1.54) is 18.6 Å². The van der Waals surface area contributed by atoms with Crippen LogP contribution < -0.4 is 10.1 Å². The Morgan fingerprint density at radius 1 is 1.36 bits per heavy atom. The second kappa shape index (κ2) is 5.85. The number of hydrogen-bond acceptors (Lipinski definition) is 5. The van der Waals surface area contributed by atoms with Crippen LogP contribution in [0.3, 0.4) is 0 Å². The highest BCUT2D eigenvalue weighted by Gasteiger charge is 2.17. The Labute approximate surface area is 127 Å². The Bertz CT molecular complexity index is 799. The normalized spacial score (nSPS) is 12.1. The number of benzene rings is 1. The van der Waals surface area contributed by atoms with Crippen molar-refractivity contribution in [1.82, 2.24) is 15.3 Å². The van der Waals surface area contributed by atoms with Gasteiger partial charge in [0.2, 0.25) is 0 Å². The molecule has 1 N–H and O–H groups in total. The molecule has 0 saturated heterocycles. The van der Waals surface area contributed by atoms with Gasteiger partial charge in [-0.15, -0.1) is 0 Å². The summed E-state index contributed by atoms with van der Waals surface area (Å²) in [6, 6.07) is 7.25. The van der Waals surface area contributed by atoms with Crippen molar-refractivity contribution in [3.05, 3.63) is 54.3 Å². The molecule has 1 aromatic carbocycles. The third kappa shape index (κ3) is 2.63. The van der Waals surface area contributed by atoms with Crippen molar-refractivity contribution in [3.8, 4) is 5.75 Å². The first-order chi connectivity index (χ1) is 10.7. The molecule has 2 aromatic heterocycles. The maximum absolute atomic E-state index is 12.1. The summed E-state index contributed by atoms with van der Waals surface area (Å²) in [6.45, 7) is 1.85. The number of nitrogens with one attached hydrogen (secondary N) is 1. The van der Waals surface area contributed by atoms with Crippen molar-refractivity contribution in [1.29, 1.82) is 0 Å². The van der Waals surface area contributed by atoms with Crippen LogP contribution >= 0.6 is 0 Å². The van der Waals surface area contributed by atoms with E-state index in [0.29, 0.717) is 17.1 Å². The van der Waals surface area contributed by atoms with Gasteiger partial charge in [0, 0.05) is 17.8 Å². The smallest absolute Gasteiger partial charge is 0.272 e. The molecular weight excluding hydrogens is 282 g/mol. The lowest BCUT2D eigenvalue weighted by Gasteiger charge is -2.10. The van der Waals surface area contributed by atoms with Gasteiger partial charge >= 0.3 is 0 Å². The standard InChI is InChI=1S/C16H15N3O3/c1-10(19-16(20)12-9-17-6-7-18-12)14-8-11-4-3-5-13(21-2)15(11)22-14/h3-10H,1-2H3,(H,19,20). The number of aromatic nitrogens is 2. The molecule has 6 heteroatoms. The molecule has 0 aliphatic rings. The van der Waals surface area contributed by atoms with Crippen LogP contribution in [-0.2, 0) is 0 Å². The van der Waals surface area contributed by atoms with Crippen molar-refractivity contribution in [3.63, 3.8) is 0 Å². The van der Waals surface area contributed by atoms with Gasteiger partial charge in [-0.05, 0) is 19.1 Å². The van der Waals surface area contributed by atoms with E-state index in [2.05, 4.69) is 15.3 Å². The fourth-order valence-electron chi connectivity index (χ4n) is 2.19. The molecule has 1 unspecified atom stereocenters. The van der Waals surface area contributed by atoms with E-state index in [9.17, 15) is 4.79 Å². The van der Waals surface area contributed by atoms with E-state index < -0.39 is 0 Å². The molecule has 1 amide bonds. The number of hydrogen-bond donors (Lipinski definition) is 1. The van der Waals surface area contributed by atoms with Gasteiger partial charge in [0.05, 0.1) is 19.3 Å². The zero-order valence-corrected chi connectivity index (χ0v) is 12.2. The summed E-state index contributed by atoms with van der Waals surface area (Å²) in [6.07, 6.45) is 4.42. The lowest BCUT2D eigenvalue weighted by molar-refractivity contribution is 0.0930. The van der Waals surface area contributed by atoms with Crippen molar-refractivity contribution >= 4 is 16.9 Å². The highest BCUT2D eigenvalue weighted by molar-refractivity contribution is 5.92. The van der Waals surface area contributed by atoms with Gasteiger partial charge in [-0.1, -0.05) is 12.1 Å². The summed E-state index contributed by atoms with van der Waals surface area (Å²) in [5.41, 5.74) is 0.934. The number of rotatable bonds is 4. The van der Waals surface area contributed by atoms with Crippen molar-refractivity contribution in [2.24, 2.45) is 0 Å². The van der Waals surface area contributed by atoms with E-state index >= 15 is 0 Å². The molecule has 22 heavy (non-hydrogen) atoms. The predicted octanol–water partition coefficient (Wildman–Crippen LogP) is 2.72. The lowest BCUT2D eigenvalue weighted by atomic mass is 10.2. The molecule has 2 heterocycles. The van der Waals surface area contributed by atoms with Crippen molar-refractivity contribution < 1.29 is 13.9 Å². The molecule has 112 valence electrons. The van der Waals surface area contributed by atoms with Gasteiger partial charge in [-0.2, -0.15) is 0 Å². The first kappa shape index (κ1) is 14.1. The van der Waals surface area contributed by atoms with Gasteiger partial charge in [0.25, 0.3) is 5.91 Å². The van der Waals surface area contributed by atoms with Crippen LogP contribution in [-0.4, -0.2) is 23.0 Å². The second-order valence-corrected chi connectivity index (χ2v) is 4.81. The predicted molar refractivity (Wildman–Crippen MR) is 80.7 cm³/mol. The van der Waals surface area contributed by atoms with Crippen LogP contribution in [0.1, 0.15) is 29.2 Å². The molecule has 0 spiro atoms. The number of carbonyl (C=O) groups is 1. The van der Waals surface area contributed by atoms with Crippen LogP contribution in [0.4, 0.5) is 0 Å². The van der Waals surface area contributed by atoms with E-state index in [4.69, 9.17) is 9.15 Å². The lowest BCUT2D eigenvalue weighted by Crippen LogP contribution is -2.27. The van der Waals surface area contributed by atoms with Crippen LogP contribution in [0, 0.1) is 0 Å². The first-order valence-corrected chi connectivity index (χ1v) is 6.82. The van der Waals surface area contributed by atoms with Gasteiger partial charge < -0.3 is 14.5 Å². The van der Waals surface area contributed by atoms with Crippen LogP contribution in [0.15, 0.2) is 47.3 Å². The highest BCUT2D eigenvalue weighted by Crippen LogP contribution is 2.30. The third-order valence-electron chi connectivity index (χ3n) is 3.32. The number of carbonyl (C=O) groups excluding carboxylic acids is 1. The minimum absolute atomic E-state index is 0.267. The molecule has 0 radical (unpaired) electrons. The Balaban J connectivity index is 1.83. The zero-order chi connectivity index (χ0) is 15.5. The van der Waals surface area contributed by atoms with Gasteiger partial charge in [-0.3, -0.25) is 9.78 Å². The summed E-state index contributed by atoms with van der Waals surface area (Å²) in [5, 5.41) is 3.76. The SMILES string of the molecule is COc1cccc2cc(C(C)NC(=O)c3cnccn3)oc12. The number of fused-ring (bicyclic) bond motifs is 1. The van der Waals surface area contributed by atoms with E-state index in [0.717, 1.165) is 5.39 Å². The number of amides is 1. The minimum Gasteiger partial charge on any atom is -0.493 e. The largest absolute Gasteiger partial charge is 0.493 e. The molecule has 3 aromatic rings. The first-order valence-electron chi connectivity index (χ1n) is 6.82. The molecule has 1 atom stereocenters. The van der Waals surface area contributed by atoms with Gasteiger partial charge in [0.1, 0.15) is 11.5 Å². The number of para-hydroxylation sites is 1. The minimum atomic E-state index is -0.299. The molecule has 0 aliphatic carbocycles. The van der Waals surface area contributed by atoms with E-state index in [1.807, 2.05) is 31.2 Å². The number of ether oxygens (including phenoxy) is 1. The van der Waals surface area contributed by atoms with E-state index in [1.54, 1.807) is 7.11 Å². The molecular formula is C16H15N3O3. The fraction of sp³-hybridized carbons (Fsp3) is 0.188. The Kier molecular flexibility index (Phi) is 3.74. The van der Waals surface area contributed by atoms with Crippen molar-refractivity contribution in [2.45, 2.75) is 13.0 Å². The average molecular weight is 297 g/mol. The molecule has 0 fully saturated rings. The molecule has 0 aliphatic heterocycles. The monoisotopic (exact) mass is 297 g/mol. The molecule has 6 nitrogen and oxygen atoms in total. The second-order valence-electron chi connectivity index (χ2n) is 4.81. The van der Waals surface area contributed by atoms with E-state index in [-0.39, 0.29) is 17.6 Å². The number of furan rings is 1. The number of methoxy groups -OCH3 is 1. The molecule has 3 rings (SSSR count). The third-order valence-corrected chi connectivity index (χ3v) is 3.32. The Hall–Kier alpha value is -2.89. The van der Waals surface area contributed by atoms with Gasteiger partial charge in [0.15, 0.2) is 11.3 Å². The topological polar surface area (TPSA) is 77.2 Å². The quantitative estimate of drug-likeness (QED) is 0.801. The Morgan fingerprint density at radius 3 is 2.95 bits per heavy atom. The highest BCUT2D eigenvalue weighted by atomic mass is 16.5.